The summed E-state index contributed by atoms with van der Waals surface area (Å²) in [6.07, 6.45) is 0. The SMILES string of the molecule is Cc1ccc(NC(=O)N2CC(C(N)=O)N(C)C23C(=O)N(c2ccc(C)cc2)C(=O)N3c2ccc(C)cc2)cc1. The molecule has 2 atom stereocenters. The Morgan fingerprint density at radius 3 is 1.82 bits per heavy atom. The van der Waals surface area contributed by atoms with Crippen LogP contribution in [0.1, 0.15) is 16.7 Å². The molecule has 1 spiro atoms. The highest BCUT2D eigenvalue weighted by Crippen LogP contribution is 2.44. The van der Waals surface area contributed by atoms with Gasteiger partial charge in [-0.1, -0.05) is 53.1 Å². The Morgan fingerprint density at radius 1 is 0.821 bits per heavy atom. The summed E-state index contributed by atoms with van der Waals surface area (Å²) in [6, 6.07) is 18.8. The van der Waals surface area contributed by atoms with E-state index in [1.54, 1.807) is 48.5 Å². The molecule has 3 aromatic rings. The van der Waals surface area contributed by atoms with Gasteiger partial charge < -0.3 is 11.1 Å². The first-order valence-electron chi connectivity index (χ1n) is 12.6. The number of rotatable bonds is 4. The Balaban J connectivity index is 1.69. The molecular weight excluding hydrogens is 496 g/mol. The molecule has 2 aliphatic heterocycles. The predicted molar refractivity (Wildman–Crippen MR) is 148 cm³/mol. The summed E-state index contributed by atoms with van der Waals surface area (Å²) in [5.74, 6) is -3.41. The van der Waals surface area contributed by atoms with Crippen molar-refractivity contribution in [1.82, 2.24) is 9.80 Å². The van der Waals surface area contributed by atoms with Gasteiger partial charge in [0, 0.05) is 11.4 Å². The molecule has 0 aromatic heterocycles. The molecule has 0 saturated carbocycles. The van der Waals surface area contributed by atoms with Crippen molar-refractivity contribution in [1.29, 1.82) is 0 Å². The summed E-state index contributed by atoms with van der Waals surface area (Å²) in [4.78, 5) is 60.1. The number of imide groups is 1. The topological polar surface area (TPSA) is 119 Å². The Hall–Kier alpha value is -4.70. The van der Waals surface area contributed by atoms with Gasteiger partial charge in [-0.05, 0) is 64.2 Å². The fourth-order valence-corrected chi connectivity index (χ4v) is 5.18. The van der Waals surface area contributed by atoms with Crippen molar-refractivity contribution < 1.29 is 19.2 Å². The van der Waals surface area contributed by atoms with Crippen molar-refractivity contribution in [3.63, 3.8) is 0 Å². The van der Waals surface area contributed by atoms with E-state index in [2.05, 4.69) is 5.32 Å². The van der Waals surface area contributed by atoms with Gasteiger partial charge in [0.05, 0.1) is 12.2 Å². The minimum absolute atomic E-state index is 0.202. The lowest BCUT2D eigenvalue weighted by molar-refractivity contribution is -0.133. The van der Waals surface area contributed by atoms with Crippen LogP contribution in [0.3, 0.4) is 0 Å². The number of hydrogen-bond acceptors (Lipinski definition) is 5. The van der Waals surface area contributed by atoms with Crippen molar-refractivity contribution in [2.75, 3.05) is 28.7 Å². The number of primary amides is 1. The van der Waals surface area contributed by atoms with Gasteiger partial charge in [-0.25, -0.2) is 24.3 Å². The van der Waals surface area contributed by atoms with Gasteiger partial charge in [0.15, 0.2) is 0 Å². The molecule has 10 heteroatoms. The van der Waals surface area contributed by atoms with Gasteiger partial charge in [0.2, 0.25) is 5.91 Å². The maximum Gasteiger partial charge on any atom is 0.339 e. The standard InChI is InChI=1S/C29H30N6O4/c1-18-5-11-21(12-6-18)31-27(38)33-17-24(25(30)36)32(4)29(33)26(37)34(22-13-7-19(2)8-14-22)28(39)35(29)23-15-9-20(3)10-16-23/h5-16,24H,17H2,1-4H3,(H2,30,36)(H,31,38). The van der Waals surface area contributed by atoms with Crippen molar-refractivity contribution in [2.45, 2.75) is 32.6 Å². The molecule has 2 saturated heterocycles. The number of carbonyl (C=O) groups is 4. The zero-order chi connectivity index (χ0) is 28.1. The second kappa shape index (κ2) is 9.55. The lowest BCUT2D eigenvalue weighted by Crippen LogP contribution is -2.68. The van der Waals surface area contributed by atoms with E-state index < -0.39 is 35.7 Å². The van der Waals surface area contributed by atoms with Gasteiger partial charge in [0.25, 0.3) is 11.7 Å². The van der Waals surface area contributed by atoms with Crippen molar-refractivity contribution in [2.24, 2.45) is 5.73 Å². The fraction of sp³-hybridized carbons (Fsp3) is 0.241. The molecule has 5 rings (SSSR count). The van der Waals surface area contributed by atoms with Crippen LogP contribution in [0.5, 0.6) is 0 Å². The van der Waals surface area contributed by atoms with E-state index in [-0.39, 0.29) is 6.54 Å². The number of aryl methyl sites for hydroxylation is 3. The number of nitrogens with one attached hydrogen (secondary N) is 1. The second-order valence-corrected chi connectivity index (χ2v) is 10.0. The Bertz CT molecular complexity index is 1450. The molecule has 2 fully saturated rings. The van der Waals surface area contributed by atoms with Gasteiger partial charge in [-0.2, -0.15) is 0 Å². The highest BCUT2D eigenvalue weighted by atomic mass is 16.2. The number of urea groups is 2. The van der Waals surface area contributed by atoms with Gasteiger partial charge in [-0.15, -0.1) is 0 Å². The Kier molecular flexibility index (Phi) is 6.35. The van der Waals surface area contributed by atoms with E-state index >= 15 is 0 Å². The van der Waals surface area contributed by atoms with Crippen molar-refractivity contribution >= 4 is 40.9 Å². The second-order valence-electron chi connectivity index (χ2n) is 10.0. The molecular formula is C29H30N6O4. The van der Waals surface area contributed by atoms with E-state index in [4.69, 9.17) is 5.73 Å². The maximum atomic E-state index is 14.5. The molecule has 0 aliphatic carbocycles. The number of likely N-dealkylation sites (N-methyl/N-ethyl adjacent to an activating group) is 1. The monoisotopic (exact) mass is 526 g/mol. The number of anilines is 3. The number of carbonyl (C=O) groups excluding carboxylic acids is 4. The van der Waals surface area contributed by atoms with Crippen LogP contribution in [0.15, 0.2) is 72.8 Å². The summed E-state index contributed by atoms with van der Waals surface area (Å²) in [7, 11) is 1.53. The van der Waals surface area contributed by atoms with Gasteiger partial charge in [0.1, 0.15) is 6.04 Å². The van der Waals surface area contributed by atoms with E-state index in [9.17, 15) is 19.2 Å². The summed E-state index contributed by atoms with van der Waals surface area (Å²) >= 11 is 0. The molecule has 6 amide bonds. The summed E-state index contributed by atoms with van der Waals surface area (Å²) in [6.45, 7) is 5.53. The van der Waals surface area contributed by atoms with Crippen molar-refractivity contribution in [3.8, 4) is 0 Å². The van der Waals surface area contributed by atoms with E-state index in [0.29, 0.717) is 17.1 Å². The predicted octanol–water partition coefficient (Wildman–Crippen LogP) is 3.57. The van der Waals surface area contributed by atoms with Crippen LogP contribution in [0, 0.1) is 20.8 Å². The fourth-order valence-electron chi connectivity index (χ4n) is 5.18. The first-order valence-corrected chi connectivity index (χ1v) is 12.6. The number of nitrogens with zero attached hydrogens (tertiary/aromatic N) is 4. The van der Waals surface area contributed by atoms with E-state index in [0.717, 1.165) is 21.6 Å². The third-order valence-corrected chi connectivity index (χ3v) is 7.34. The van der Waals surface area contributed by atoms with Crippen LogP contribution >= 0.6 is 0 Å². The molecule has 3 aromatic carbocycles. The van der Waals surface area contributed by atoms with Crippen LogP contribution < -0.4 is 20.9 Å². The highest BCUT2D eigenvalue weighted by Gasteiger charge is 2.70. The van der Waals surface area contributed by atoms with Crippen molar-refractivity contribution in [3.05, 3.63) is 89.5 Å². The molecule has 2 unspecified atom stereocenters. The number of hydrogen-bond donors (Lipinski definition) is 2. The number of amides is 6. The normalized spacial score (nSPS) is 21.2. The third-order valence-electron chi connectivity index (χ3n) is 7.34. The molecule has 2 aliphatic rings. The molecule has 2 heterocycles. The van der Waals surface area contributed by atoms with Crippen LogP contribution in [0.2, 0.25) is 0 Å². The summed E-state index contributed by atoms with van der Waals surface area (Å²) < 4.78 is 0. The number of benzene rings is 3. The Labute approximate surface area is 226 Å². The van der Waals surface area contributed by atoms with Crippen LogP contribution in [0.4, 0.5) is 26.7 Å². The average molecular weight is 527 g/mol. The zero-order valence-corrected chi connectivity index (χ0v) is 22.2. The van der Waals surface area contributed by atoms with Crippen LogP contribution in [0.25, 0.3) is 0 Å². The molecule has 3 N–H and O–H groups in total. The average Bonchev–Trinajstić information content (AvgIpc) is 3.33. The van der Waals surface area contributed by atoms with E-state index in [1.807, 2.05) is 45.0 Å². The lowest BCUT2D eigenvalue weighted by Gasteiger charge is -2.42. The highest BCUT2D eigenvalue weighted by molar-refractivity contribution is 6.31. The minimum Gasteiger partial charge on any atom is -0.368 e. The Morgan fingerprint density at radius 2 is 1.31 bits per heavy atom. The maximum absolute atomic E-state index is 14.5. The van der Waals surface area contributed by atoms with Crippen LogP contribution in [-0.2, 0) is 9.59 Å². The smallest absolute Gasteiger partial charge is 0.339 e. The molecule has 39 heavy (non-hydrogen) atoms. The quantitative estimate of drug-likeness (QED) is 0.504. The molecule has 10 nitrogen and oxygen atoms in total. The molecule has 0 bridgehead atoms. The zero-order valence-electron chi connectivity index (χ0n) is 22.2. The minimum atomic E-state index is -1.99. The summed E-state index contributed by atoms with van der Waals surface area (Å²) in [5.41, 5.74) is 9.90. The first kappa shape index (κ1) is 25.9. The van der Waals surface area contributed by atoms with E-state index in [1.165, 1.54) is 21.7 Å². The molecule has 0 radical (unpaired) electrons. The molecule has 200 valence electrons. The lowest BCUT2D eigenvalue weighted by atomic mass is 10.1. The van der Waals surface area contributed by atoms with Crippen LogP contribution in [-0.4, -0.2) is 59.1 Å². The number of nitrogens with two attached hydrogens (primary N) is 1. The first-order chi connectivity index (χ1) is 18.5. The van der Waals surface area contributed by atoms with Gasteiger partial charge in [-0.3, -0.25) is 14.5 Å². The largest absolute Gasteiger partial charge is 0.368 e. The third kappa shape index (κ3) is 4.09. The summed E-state index contributed by atoms with van der Waals surface area (Å²) in [5, 5.41) is 2.82. The van der Waals surface area contributed by atoms with Gasteiger partial charge >= 0.3 is 12.1 Å².